The molecule has 0 saturated heterocycles. The summed E-state index contributed by atoms with van der Waals surface area (Å²) < 4.78 is 21.0. The predicted molar refractivity (Wildman–Crippen MR) is 94.1 cm³/mol. The lowest BCUT2D eigenvalue weighted by Crippen LogP contribution is -2.45. The van der Waals surface area contributed by atoms with E-state index in [2.05, 4.69) is 10.6 Å². The van der Waals surface area contributed by atoms with Gasteiger partial charge in [0.05, 0.1) is 32.4 Å². The van der Waals surface area contributed by atoms with Crippen molar-refractivity contribution >= 4 is 12.0 Å². The second-order valence-electron chi connectivity index (χ2n) is 5.52. The average molecular weight is 364 g/mol. The Morgan fingerprint density at radius 1 is 1.15 bits per heavy atom. The van der Waals surface area contributed by atoms with Crippen molar-refractivity contribution in [3.63, 3.8) is 0 Å². The molecule has 2 amide bonds. The van der Waals surface area contributed by atoms with Crippen LogP contribution in [0.3, 0.4) is 0 Å². The number of allylic oxidation sites excluding steroid dienone is 1. The number of hydrogen-bond acceptors (Lipinski definition) is 6. The second-order valence-corrected chi connectivity index (χ2v) is 5.52. The van der Waals surface area contributed by atoms with Gasteiger partial charge in [-0.1, -0.05) is 6.07 Å². The maximum Gasteiger partial charge on any atom is 0.338 e. The summed E-state index contributed by atoms with van der Waals surface area (Å²) in [6.07, 6.45) is 0. The van der Waals surface area contributed by atoms with Crippen molar-refractivity contribution in [3.05, 3.63) is 35.0 Å². The molecule has 0 unspecified atom stereocenters. The molecule has 1 heterocycles. The van der Waals surface area contributed by atoms with Gasteiger partial charge in [0.25, 0.3) is 0 Å². The Bertz CT molecular complexity index is 701. The Morgan fingerprint density at radius 2 is 1.88 bits per heavy atom. The van der Waals surface area contributed by atoms with Crippen molar-refractivity contribution in [3.8, 4) is 11.5 Å². The molecule has 8 heteroatoms. The van der Waals surface area contributed by atoms with Gasteiger partial charge in [-0.3, -0.25) is 0 Å². The first-order valence-corrected chi connectivity index (χ1v) is 8.26. The summed E-state index contributed by atoms with van der Waals surface area (Å²) in [6.45, 7) is 4.52. The number of amides is 2. The molecule has 0 aromatic heterocycles. The number of carbonyl (C=O) groups is 2. The summed E-state index contributed by atoms with van der Waals surface area (Å²) >= 11 is 0. The van der Waals surface area contributed by atoms with E-state index in [0.717, 1.165) is 0 Å². The first-order valence-electron chi connectivity index (χ1n) is 8.26. The van der Waals surface area contributed by atoms with Crippen LogP contribution in [0.1, 0.15) is 25.5 Å². The Hall–Kier alpha value is -2.74. The molecular formula is C18H24N2O6. The maximum absolute atomic E-state index is 12.6. The van der Waals surface area contributed by atoms with Crippen LogP contribution in [0.2, 0.25) is 0 Å². The van der Waals surface area contributed by atoms with Crippen LogP contribution >= 0.6 is 0 Å². The highest BCUT2D eigenvalue weighted by atomic mass is 16.6. The first kappa shape index (κ1) is 19.6. The van der Waals surface area contributed by atoms with Crippen molar-refractivity contribution in [2.24, 2.45) is 0 Å². The summed E-state index contributed by atoms with van der Waals surface area (Å²) in [7, 11) is 3.06. The van der Waals surface area contributed by atoms with Crippen LogP contribution in [0.15, 0.2) is 29.5 Å². The van der Waals surface area contributed by atoms with Crippen molar-refractivity contribution in [1.82, 2.24) is 10.6 Å². The van der Waals surface area contributed by atoms with E-state index < -0.39 is 18.0 Å². The van der Waals surface area contributed by atoms with Gasteiger partial charge in [-0.05, 0) is 31.5 Å². The van der Waals surface area contributed by atoms with Crippen LogP contribution in [0.25, 0.3) is 0 Å². The Labute approximate surface area is 152 Å². The molecule has 1 aromatic rings. The van der Waals surface area contributed by atoms with Crippen LogP contribution in [-0.4, -0.2) is 46.0 Å². The molecule has 0 aliphatic carbocycles. The predicted octanol–water partition coefficient (Wildman–Crippen LogP) is 1.91. The van der Waals surface area contributed by atoms with E-state index in [4.69, 9.17) is 18.9 Å². The van der Waals surface area contributed by atoms with Crippen LogP contribution in [-0.2, 0) is 14.3 Å². The molecule has 0 bridgehead atoms. The SMILES string of the molecule is CCOCCOC(=O)C1=C(C)NC(=O)N[C@@H]1c1ccc(OC)c(OC)c1. The quantitative estimate of drug-likeness (QED) is 0.540. The van der Waals surface area contributed by atoms with Gasteiger partial charge in [0, 0.05) is 12.3 Å². The van der Waals surface area contributed by atoms with Gasteiger partial charge in [-0.25, -0.2) is 9.59 Å². The fourth-order valence-corrected chi connectivity index (χ4v) is 2.66. The third-order valence-corrected chi connectivity index (χ3v) is 3.89. The van der Waals surface area contributed by atoms with Gasteiger partial charge in [0.15, 0.2) is 11.5 Å². The lowest BCUT2D eigenvalue weighted by atomic mass is 9.95. The molecular weight excluding hydrogens is 340 g/mol. The number of urea groups is 1. The van der Waals surface area contributed by atoms with Crippen molar-refractivity contribution in [2.75, 3.05) is 34.0 Å². The van der Waals surface area contributed by atoms with Crippen LogP contribution < -0.4 is 20.1 Å². The molecule has 1 aliphatic heterocycles. The molecule has 1 atom stereocenters. The minimum absolute atomic E-state index is 0.135. The highest BCUT2D eigenvalue weighted by molar-refractivity contribution is 5.95. The van der Waals surface area contributed by atoms with E-state index in [9.17, 15) is 9.59 Å². The van der Waals surface area contributed by atoms with Gasteiger partial charge in [0.1, 0.15) is 6.61 Å². The molecule has 142 valence electrons. The summed E-state index contributed by atoms with van der Waals surface area (Å²) in [5, 5.41) is 5.35. The Morgan fingerprint density at radius 3 is 2.54 bits per heavy atom. The fourth-order valence-electron chi connectivity index (χ4n) is 2.66. The van der Waals surface area contributed by atoms with E-state index >= 15 is 0 Å². The Kier molecular flexibility index (Phi) is 6.85. The summed E-state index contributed by atoms with van der Waals surface area (Å²) in [5.74, 6) is 0.534. The number of rotatable bonds is 8. The van der Waals surface area contributed by atoms with Crippen molar-refractivity contribution in [2.45, 2.75) is 19.9 Å². The zero-order valence-electron chi connectivity index (χ0n) is 15.4. The van der Waals surface area contributed by atoms with Gasteiger partial charge in [0.2, 0.25) is 0 Å². The first-order chi connectivity index (χ1) is 12.5. The maximum atomic E-state index is 12.6. The number of nitrogens with one attached hydrogen (secondary N) is 2. The standard InChI is InChI=1S/C18H24N2O6/c1-5-25-8-9-26-17(21)15-11(2)19-18(22)20-16(15)12-6-7-13(23-3)14(10-12)24-4/h6-7,10,16H,5,8-9H2,1-4H3,(H2,19,20,22)/t16-/m1/s1. The van der Waals surface area contributed by atoms with E-state index in [1.807, 2.05) is 6.92 Å². The van der Waals surface area contributed by atoms with Crippen LogP contribution in [0, 0.1) is 0 Å². The normalized spacial score (nSPS) is 16.6. The van der Waals surface area contributed by atoms with Crippen LogP contribution in [0.5, 0.6) is 11.5 Å². The van der Waals surface area contributed by atoms with E-state index in [-0.39, 0.29) is 6.61 Å². The topological polar surface area (TPSA) is 95.1 Å². The largest absolute Gasteiger partial charge is 0.493 e. The minimum atomic E-state index is -0.664. The highest BCUT2D eigenvalue weighted by Crippen LogP contribution is 2.34. The second kappa shape index (κ2) is 9.10. The van der Waals surface area contributed by atoms with Gasteiger partial charge < -0.3 is 29.6 Å². The number of carbonyl (C=O) groups excluding carboxylic acids is 2. The molecule has 2 N–H and O–H groups in total. The molecule has 1 aliphatic rings. The molecule has 0 radical (unpaired) electrons. The number of ether oxygens (including phenoxy) is 4. The van der Waals surface area contributed by atoms with Gasteiger partial charge in [-0.2, -0.15) is 0 Å². The number of hydrogen-bond donors (Lipinski definition) is 2. The van der Waals surface area contributed by atoms with Crippen LogP contribution in [0.4, 0.5) is 4.79 Å². The zero-order valence-corrected chi connectivity index (χ0v) is 15.4. The van der Waals surface area contributed by atoms with E-state index in [0.29, 0.717) is 41.5 Å². The van der Waals surface area contributed by atoms with Crippen molar-refractivity contribution < 1.29 is 28.5 Å². The third-order valence-electron chi connectivity index (χ3n) is 3.89. The molecule has 0 fully saturated rings. The zero-order chi connectivity index (χ0) is 19.1. The highest BCUT2D eigenvalue weighted by Gasteiger charge is 2.32. The molecule has 0 spiro atoms. The third kappa shape index (κ3) is 4.45. The van der Waals surface area contributed by atoms with Gasteiger partial charge in [-0.15, -0.1) is 0 Å². The monoisotopic (exact) mass is 364 g/mol. The molecule has 0 saturated carbocycles. The molecule has 2 rings (SSSR count). The number of benzene rings is 1. The fraction of sp³-hybridized carbons (Fsp3) is 0.444. The summed E-state index contributed by atoms with van der Waals surface area (Å²) in [5.41, 5.74) is 1.44. The Balaban J connectivity index is 2.30. The van der Waals surface area contributed by atoms with E-state index in [1.165, 1.54) is 14.2 Å². The van der Waals surface area contributed by atoms with E-state index in [1.54, 1.807) is 25.1 Å². The van der Waals surface area contributed by atoms with Crippen molar-refractivity contribution in [1.29, 1.82) is 0 Å². The average Bonchev–Trinajstić information content (AvgIpc) is 2.63. The molecule has 8 nitrogen and oxygen atoms in total. The molecule has 1 aromatic carbocycles. The number of esters is 1. The smallest absolute Gasteiger partial charge is 0.338 e. The minimum Gasteiger partial charge on any atom is -0.493 e. The lowest BCUT2D eigenvalue weighted by molar-refractivity contribution is -0.141. The molecule has 26 heavy (non-hydrogen) atoms. The summed E-state index contributed by atoms with van der Waals surface area (Å²) in [6, 6.07) is 4.14. The lowest BCUT2D eigenvalue weighted by Gasteiger charge is -2.28. The van der Waals surface area contributed by atoms with Gasteiger partial charge >= 0.3 is 12.0 Å². The number of methoxy groups -OCH3 is 2. The summed E-state index contributed by atoms with van der Waals surface area (Å²) in [4.78, 5) is 24.5.